The van der Waals surface area contributed by atoms with E-state index < -0.39 is 0 Å². The van der Waals surface area contributed by atoms with Gasteiger partial charge < -0.3 is 0 Å². The highest BCUT2D eigenvalue weighted by molar-refractivity contribution is 14.1. The van der Waals surface area contributed by atoms with Gasteiger partial charge in [-0.05, 0) is 65.8 Å². The molecule has 0 fully saturated rings. The van der Waals surface area contributed by atoms with Crippen LogP contribution in [0.15, 0.2) is 36.1 Å². The molecule has 0 aliphatic carbocycles. The highest BCUT2D eigenvalue weighted by Crippen LogP contribution is 2.14. The van der Waals surface area contributed by atoms with Gasteiger partial charge in [0.2, 0.25) is 0 Å². The Bertz CT molecular complexity index is 313. The summed E-state index contributed by atoms with van der Waals surface area (Å²) in [5.74, 6) is 0. The second kappa shape index (κ2) is 4.48. The summed E-state index contributed by atoms with van der Waals surface area (Å²) in [6, 6.07) is 8.45. The molecule has 0 amide bonds. The number of rotatable bonds is 1. The average molecular weight is 270 g/mol. The molecule has 1 aromatic carbocycles. The number of hydrogen-bond donors (Lipinski definition) is 0. The topological polar surface area (TPSA) is 0 Å². The Morgan fingerprint density at radius 3 is 2.42 bits per heavy atom. The normalized spacial score (nSPS) is 8.92. The zero-order valence-corrected chi connectivity index (χ0v) is 9.42. The van der Waals surface area contributed by atoms with E-state index in [4.69, 9.17) is 0 Å². The standard InChI is InChI=1S/C11H11I/c1-3-4-9(2)10-5-7-11(12)8-6-10/h3,5-8H,1-2H3. The summed E-state index contributed by atoms with van der Waals surface area (Å²) in [4.78, 5) is 0. The number of halogens is 1. The molecule has 0 heterocycles. The number of benzene rings is 1. The van der Waals surface area contributed by atoms with E-state index >= 15 is 0 Å². The van der Waals surface area contributed by atoms with E-state index in [1.807, 2.05) is 13.0 Å². The van der Waals surface area contributed by atoms with Crippen molar-refractivity contribution < 1.29 is 0 Å². The molecular weight excluding hydrogens is 259 g/mol. The quantitative estimate of drug-likeness (QED) is 0.536. The van der Waals surface area contributed by atoms with Gasteiger partial charge >= 0.3 is 0 Å². The van der Waals surface area contributed by atoms with Crippen molar-refractivity contribution in [2.75, 3.05) is 0 Å². The first-order valence-electron chi connectivity index (χ1n) is 3.88. The molecule has 0 N–H and O–H groups in total. The molecular formula is C11H11I. The van der Waals surface area contributed by atoms with E-state index in [9.17, 15) is 0 Å². The molecule has 0 aliphatic heterocycles. The minimum absolute atomic E-state index is 1.19. The van der Waals surface area contributed by atoms with E-state index in [2.05, 4.69) is 59.5 Å². The molecule has 0 saturated heterocycles. The molecule has 1 heteroatoms. The SMILES string of the molecule is CC=C=C(C)c1ccc(I)cc1. The van der Waals surface area contributed by atoms with Gasteiger partial charge in [0.15, 0.2) is 0 Å². The first-order chi connectivity index (χ1) is 5.74. The summed E-state index contributed by atoms with van der Waals surface area (Å²) in [6.45, 7) is 4.05. The Morgan fingerprint density at radius 1 is 1.33 bits per heavy atom. The summed E-state index contributed by atoms with van der Waals surface area (Å²) in [5.41, 5.74) is 5.60. The first kappa shape index (κ1) is 9.56. The van der Waals surface area contributed by atoms with Gasteiger partial charge in [0.25, 0.3) is 0 Å². The van der Waals surface area contributed by atoms with Crippen LogP contribution in [0.3, 0.4) is 0 Å². The van der Waals surface area contributed by atoms with Crippen molar-refractivity contribution in [2.24, 2.45) is 0 Å². The predicted octanol–water partition coefficient (Wildman–Crippen LogP) is 3.87. The third kappa shape index (κ3) is 2.50. The number of hydrogen-bond acceptors (Lipinski definition) is 0. The van der Waals surface area contributed by atoms with Gasteiger partial charge in [-0.1, -0.05) is 12.1 Å². The van der Waals surface area contributed by atoms with Crippen molar-refractivity contribution >= 4 is 28.2 Å². The molecule has 62 valence electrons. The van der Waals surface area contributed by atoms with Crippen LogP contribution in [0.2, 0.25) is 0 Å². The third-order valence-electron chi connectivity index (χ3n) is 1.64. The van der Waals surface area contributed by atoms with Gasteiger partial charge in [-0.3, -0.25) is 0 Å². The summed E-state index contributed by atoms with van der Waals surface area (Å²) in [6.07, 6.45) is 1.94. The highest BCUT2D eigenvalue weighted by atomic mass is 127. The molecule has 0 unspecified atom stereocenters. The zero-order valence-electron chi connectivity index (χ0n) is 7.26. The fourth-order valence-electron chi connectivity index (χ4n) is 1.000. The molecule has 0 aliphatic rings. The summed E-state index contributed by atoms with van der Waals surface area (Å²) < 4.78 is 1.27. The van der Waals surface area contributed by atoms with Crippen LogP contribution >= 0.6 is 22.6 Å². The van der Waals surface area contributed by atoms with Crippen LogP contribution < -0.4 is 0 Å². The molecule has 0 saturated carbocycles. The largest absolute Gasteiger partial charge is 0.122 e. The second-order valence-corrected chi connectivity index (χ2v) is 3.81. The van der Waals surface area contributed by atoms with Crippen LogP contribution in [0.25, 0.3) is 5.57 Å². The average Bonchev–Trinajstić information content (AvgIpc) is 2.06. The van der Waals surface area contributed by atoms with Crippen LogP contribution in [0, 0.1) is 3.57 Å². The fourth-order valence-corrected chi connectivity index (χ4v) is 1.36. The molecule has 0 radical (unpaired) electrons. The lowest BCUT2D eigenvalue weighted by molar-refractivity contribution is 1.54. The summed E-state index contributed by atoms with van der Waals surface area (Å²) >= 11 is 2.30. The molecule has 12 heavy (non-hydrogen) atoms. The van der Waals surface area contributed by atoms with Crippen LogP contribution in [-0.2, 0) is 0 Å². The third-order valence-corrected chi connectivity index (χ3v) is 2.36. The maximum Gasteiger partial charge on any atom is 0.0130 e. The van der Waals surface area contributed by atoms with Crippen molar-refractivity contribution in [1.29, 1.82) is 0 Å². The maximum atomic E-state index is 3.17. The van der Waals surface area contributed by atoms with Crippen molar-refractivity contribution in [2.45, 2.75) is 13.8 Å². The Kier molecular flexibility index (Phi) is 3.57. The highest BCUT2D eigenvalue weighted by Gasteiger charge is 1.92. The van der Waals surface area contributed by atoms with Crippen LogP contribution in [0.4, 0.5) is 0 Å². The monoisotopic (exact) mass is 270 g/mol. The lowest BCUT2D eigenvalue weighted by Crippen LogP contribution is -1.77. The minimum atomic E-state index is 1.19. The predicted molar refractivity (Wildman–Crippen MR) is 62.0 cm³/mol. The van der Waals surface area contributed by atoms with E-state index in [1.165, 1.54) is 14.7 Å². The molecule has 0 bridgehead atoms. The van der Waals surface area contributed by atoms with Crippen molar-refractivity contribution in [3.05, 3.63) is 45.2 Å². The molecule has 1 rings (SSSR count). The Hall–Kier alpha value is -0.530. The van der Waals surface area contributed by atoms with Crippen molar-refractivity contribution in [1.82, 2.24) is 0 Å². The molecule has 1 aromatic rings. The molecule has 0 spiro atoms. The van der Waals surface area contributed by atoms with Crippen LogP contribution in [0.1, 0.15) is 19.4 Å². The molecule has 0 aromatic heterocycles. The zero-order chi connectivity index (χ0) is 8.97. The van der Waals surface area contributed by atoms with E-state index in [1.54, 1.807) is 0 Å². The van der Waals surface area contributed by atoms with Crippen molar-refractivity contribution in [3.63, 3.8) is 0 Å². The summed E-state index contributed by atoms with van der Waals surface area (Å²) in [7, 11) is 0. The van der Waals surface area contributed by atoms with Gasteiger partial charge in [-0.2, -0.15) is 0 Å². The number of allylic oxidation sites excluding steroid dienone is 1. The maximum absolute atomic E-state index is 3.17. The Labute approximate surface area is 87.1 Å². The smallest absolute Gasteiger partial charge is 0.0130 e. The fraction of sp³-hybridized carbons (Fsp3) is 0.182. The minimum Gasteiger partial charge on any atom is -0.122 e. The Balaban J connectivity index is 3.06. The Morgan fingerprint density at radius 2 is 1.92 bits per heavy atom. The van der Waals surface area contributed by atoms with Gasteiger partial charge in [-0.25, -0.2) is 0 Å². The van der Waals surface area contributed by atoms with E-state index in [0.717, 1.165) is 0 Å². The first-order valence-corrected chi connectivity index (χ1v) is 4.96. The van der Waals surface area contributed by atoms with Crippen LogP contribution in [0.5, 0.6) is 0 Å². The van der Waals surface area contributed by atoms with Gasteiger partial charge in [0.1, 0.15) is 0 Å². The van der Waals surface area contributed by atoms with E-state index in [0.29, 0.717) is 0 Å². The lowest BCUT2D eigenvalue weighted by atomic mass is 10.1. The second-order valence-electron chi connectivity index (χ2n) is 2.56. The van der Waals surface area contributed by atoms with Gasteiger partial charge in [0, 0.05) is 3.57 Å². The summed E-state index contributed by atoms with van der Waals surface area (Å²) in [5, 5.41) is 0. The lowest BCUT2D eigenvalue weighted by Gasteiger charge is -1.97. The molecule has 0 atom stereocenters. The van der Waals surface area contributed by atoms with Crippen molar-refractivity contribution in [3.8, 4) is 0 Å². The van der Waals surface area contributed by atoms with Gasteiger partial charge in [-0.15, -0.1) is 5.73 Å². The van der Waals surface area contributed by atoms with Crippen LogP contribution in [-0.4, -0.2) is 0 Å². The molecule has 0 nitrogen and oxygen atoms in total. The van der Waals surface area contributed by atoms with Gasteiger partial charge in [0.05, 0.1) is 0 Å². The van der Waals surface area contributed by atoms with E-state index in [-0.39, 0.29) is 0 Å².